The van der Waals surface area contributed by atoms with Gasteiger partial charge < -0.3 is 28.8 Å². The molecule has 190 valence electrons. The lowest BCUT2D eigenvalue weighted by atomic mass is 10.0. The molecule has 0 bridgehead atoms. The number of hydrogen-bond acceptors (Lipinski definition) is 12. The molecule has 1 aromatic heterocycles. The van der Waals surface area contributed by atoms with E-state index in [1.54, 1.807) is 0 Å². The van der Waals surface area contributed by atoms with Crippen molar-refractivity contribution in [3.8, 4) is 11.5 Å². The molecule has 0 radical (unpaired) electrons. The van der Waals surface area contributed by atoms with E-state index in [2.05, 4.69) is 14.9 Å². The molecule has 15 nitrogen and oxygen atoms in total. The Morgan fingerprint density at radius 1 is 1.14 bits per heavy atom. The van der Waals surface area contributed by atoms with Gasteiger partial charge in [-0.1, -0.05) is 13.3 Å². The van der Waals surface area contributed by atoms with Crippen LogP contribution in [0.1, 0.15) is 54.5 Å². The monoisotopic (exact) mass is 496 g/mol. The Hall–Kier alpha value is -4.43. The first kappa shape index (κ1) is 26.8. The summed E-state index contributed by atoms with van der Waals surface area (Å²) in [6.07, 6.45) is -2.52. The zero-order valence-electron chi connectivity index (χ0n) is 19.4. The molecule has 0 aliphatic heterocycles. The first-order valence-corrected chi connectivity index (χ1v) is 10.2. The highest BCUT2D eigenvalue weighted by molar-refractivity contribution is 6.11. The second kappa shape index (κ2) is 12.2. The highest BCUT2D eigenvalue weighted by atomic mass is 16.7. The summed E-state index contributed by atoms with van der Waals surface area (Å²) in [5.74, 6) is -0.939. The largest absolute Gasteiger partial charge is 0.510 e. The van der Waals surface area contributed by atoms with Gasteiger partial charge in [-0.2, -0.15) is 5.10 Å². The number of nitro groups is 1. The minimum Gasteiger partial charge on any atom is -0.493 e. The molecule has 0 aliphatic rings. The zero-order valence-corrected chi connectivity index (χ0v) is 19.4. The van der Waals surface area contributed by atoms with Gasteiger partial charge in [-0.05, 0) is 13.3 Å². The Bertz CT molecular complexity index is 1100. The smallest absolute Gasteiger partial charge is 0.493 e. The molecule has 15 heteroatoms. The second-order valence-corrected chi connectivity index (χ2v) is 6.87. The summed E-state index contributed by atoms with van der Waals surface area (Å²) in [5, 5.41) is 28.5. The Kier molecular flexibility index (Phi) is 9.31. The molecule has 0 saturated carbocycles. The van der Waals surface area contributed by atoms with Crippen molar-refractivity contribution in [3.63, 3.8) is 0 Å². The van der Waals surface area contributed by atoms with Gasteiger partial charge in [0.2, 0.25) is 12.5 Å². The van der Waals surface area contributed by atoms with Gasteiger partial charge in [0.1, 0.15) is 17.4 Å². The first-order chi connectivity index (χ1) is 16.6. The van der Waals surface area contributed by atoms with E-state index in [0.717, 1.165) is 23.4 Å². The molecule has 0 spiro atoms. The van der Waals surface area contributed by atoms with Crippen LogP contribution in [0.4, 0.5) is 15.3 Å². The van der Waals surface area contributed by atoms with Crippen LogP contribution in [0, 0.1) is 10.1 Å². The molecule has 1 unspecified atom stereocenters. The number of carboxylic acid groups (broad SMARTS) is 1. The molecular weight excluding hydrogens is 472 g/mol. The van der Waals surface area contributed by atoms with E-state index in [1.807, 2.05) is 6.92 Å². The maximum Gasteiger partial charge on any atom is 0.510 e. The standard InChI is InChI=1S/C20H24N4O11/c1-5-6-7-33-20(28)34-10-23-21-16(11(2)35-19(26)27)17(22-23)18(25)12-8-14(31-3)15(32-4)9-13(12)24(29)30/h8-9,11H,5-7,10H2,1-4H3,(H,26,27). The number of rotatable bonds is 12. The van der Waals surface area contributed by atoms with Crippen LogP contribution in [0.2, 0.25) is 0 Å². The van der Waals surface area contributed by atoms with Gasteiger partial charge in [0.05, 0.1) is 31.8 Å². The Balaban J connectivity index is 2.47. The fourth-order valence-corrected chi connectivity index (χ4v) is 2.84. The Labute approximate surface area is 198 Å². The maximum absolute atomic E-state index is 13.3. The lowest BCUT2D eigenvalue weighted by Gasteiger charge is -2.11. The highest BCUT2D eigenvalue weighted by Gasteiger charge is 2.32. The van der Waals surface area contributed by atoms with Crippen molar-refractivity contribution in [2.24, 2.45) is 0 Å². The van der Waals surface area contributed by atoms with Crippen LogP contribution in [0.5, 0.6) is 11.5 Å². The number of benzene rings is 1. The van der Waals surface area contributed by atoms with Gasteiger partial charge in [-0.3, -0.25) is 14.9 Å². The molecule has 1 aromatic carbocycles. The van der Waals surface area contributed by atoms with E-state index in [0.29, 0.717) is 6.42 Å². The van der Waals surface area contributed by atoms with Gasteiger partial charge in [-0.25, -0.2) is 9.59 Å². The predicted molar refractivity (Wildman–Crippen MR) is 115 cm³/mol. The number of unbranched alkanes of at least 4 members (excludes halogenated alkanes) is 1. The van der Waals surface area contributed by atoms with E-state index < -0.39 is 52.8 Å². The number of nitro benzene ring substituents is 1. The van der Waals surface area contributed by atoms with E-state index in [4.69, 9.17) is 24.1 Å². The average Bonchev–Trinajstić information content (AvgIpc) is 3.25. The van der Waals surface area contributed by atoms with Crippen molar-refractivity contribution < 1.29 is 48.1 Å². The summed E-state index contributed by atoms with van der Waals surface area (Å²) in [6, 6.07) is 2.09. The molecule has 2 aromatic rings. The number of hydrogen-bond donors (Lipinski definition) is 1. The highest BCUT2D eigenvalue weighted by Crippen LogP contribution is 2.36. The lowest BCUT2D eigenvalue weighted by Crippen LogP contribution is -2.14. The van der Waals surface area contributed by atoms with Crippen molar-refractivity contribution >= 4 is 23.8 Å². The summed E-state index contributed by atoms with van der Waals surface area (Å²) in [7, 11) is 2.55. The number of ketones is 1. The van der Waals surface area contributed by atoms with E-state index in [1.165, 1.54) is 21.1 Å². The number of methoxy groups -OCH3 is 2. The number of carbonyl (C=O) groups is 3. The fourth-order valence-electron chi connectivity index (χ4n) is 2.84. The molecule has 1 atom stereocenters. The summed E-state index contributed by atoms with van der Waals surface area (Å²) in [6.45, 7) is 2.75. The van der Waals surface area contributed by atoms with Crippen LogP contribution in [0.25, 0.3) is 0 Å². The molecule has 0 amide bonds. The molecule has 0 fully saturated rings. The molecular formula is C20H24N4O11. The third-order valence-electron chi connectivity index (χ3n) is 4.52. The van der Waals surface area contributed by atoms with E-state index >= 15 is 0 Å². The van der Waals surface area contributed by atoms with Gasteiger partial charge in [-0.15, -0.1) is 9.90 Å². The number of carbonyl (C=O) groups excluding carboxylic acids is 2. The molecule has 0 aliphatic carbocycles. The van der Waals surface area contributed by atoms with Crippen LogP contribution in [0.3, 0.4) is 0 Å². The SMILES string of the molecule is CCCCOC(=O)OCn1nc(C(=O)c2cc(OC)c(OC)cc2[N+](=O)[O-])c(C(C)OC(=O)O)n1. The van der Waals surface area contributed by atoms with Gasteiger partial charge >= 0.3 is 12.3 Å². The topological polar surface area (TPSA) is 191 Å². The molecule has 2 rings (SSSR count). The summed E-state index contributed by atoms with van der Waals surface area (Å²) < 4.78 is 24.6. The van der Waals surface area contributed by atoms with Gasteiger partial charge in [0.15, 0.2) is 17.2 Å². The molecule has 1 N–H and O–H groups in total. The quantitative estimate of drug-likeness (QED) is 0.148. The maximum atomic E-state index is 13.3. The third kappa shape index (κ3) is 6.78. The van der Waals surface area contributed by atoms with Crippen LogP contribution >= 0.6 is 0 Å². The minimum absolute atomic E-state index is 0.0113. The van der Waals surface area contributed by atoms with E-state index in [-0.39, 0.29) is 23.8 Å². The van der Waals surface area contributed by atoms with Crippen LogP contribution in [-0.2, 0) is 20.9 Å². The summed E-state index contributed by atoms with van der Waals surface area (Å²) >= 11 is 0. The molecule has 0 saturated heterocycles. The van der Waals surface area contributed by atoms with Gasteiger partial charge in [0.25, 0.3) is 5.69 Å². The lowest BCUT2D eigenvalue weighted by molar-refractivity contribution is -0.385. The molecule has 35 heavy (non-hydrogen) atoms. The summed E-state index contributed by atoms with van der Waals surface area (Å²) in [4.78, 5) is 47.6. The third-order valence-corrected chi connectivity index (χ3v) is 4.52. The second-order valence-electron chi connectivity index (χ2n) is 6.87. The average molecular weight is 496 g/mol. The van der Waals surface area contributed by atoms with Crippen molar-refractivity contribution in [1.29, 1.82) is 0 Å². The Morgan fingerprint density at radius 2 is 1.80 bits per heavy atom. The molecule has 1 heterocycles. The van der Waals surface area contributed by atoms with Crippen molar-refractivity contribution in [3.05, 3.63) is 39.2 Å². The van der Waals surface area contributed by atoms with Crippen LogP contribution in [-0.4, -0.2) is 63.9 Å². The number of nitrogens with zero attached hydrogens (tertiary/aromatic N) is 4. The van der Waals surface area contributed by atoms with Crippen molar-refractivity contribution in [2.45, 2.75) is 39.5 Å². The van der Waals surface area contributed by atoms with Crippen molar-refractivity contribution in [1.82, 2.24) is 15.0 Å². The van der Waals surface area contributed by atoms with Crippen LogP contribution < -0.4 is 9.47 Å². The van der Waals surface area contributed by atoms with Crippen LogP contribution in [0.15, 0.2) is 12.1 Å². The van der Waals surface area contributed by atoms with Gasteiger partial charge in [0, 0.05) is 6.07 Å². The zero-order chi connectivity index (χ0) is 26.1. The minimum atomic E-state index is -1.65. The Morgan fingerprint density at radius 3 is 2.37 bits per heavy atom. The fraction of sp³-hybridized carbons (Fsp3) is 0.450. The predicted octanol–water partition coefficient (Wildman–Crippen LogP) is 3.10. The number of ether oxygens (including phenoxy) is 5. The van der Waals surface area contributed by atoms with Crippen molar-refractivity contribution in [2.75, 3.05) is 20.8 Å². The van der Waals surface area contributed by atoms with E-state index in [9.17, 15) is 24.5 Å². The normalized spacial score (nSPS) is 11.3. The first-order valence-electron chi connectivity index (χ1n) is 10.2. The number of aromatic nitrogens is 3. The summed E-state index contributed by atoms with van der Waals surface area (Å²) in [5.41, 5.74) is -1.76.